The summed E-state index contributed by atoms with van der Waals surface area (Å²) in [6.07, 6.45) is 6.16. The van der Waals surface area contributed by atoms with Crippen molar-refractivity contribution in [1.29, 1.82) is 0 Å². The van der Waals surface area contributed by atoms with Gasteiger partial charge in [0.05, 0.1) is 11.1 Å². The fraction of sp³-hybridized carbons (Fsp3) is 0.308. The molecule has 3 aromatic rings. The van der Waals surface area contributed by atoms with E-state index in [4.69, 9.17) is 11.6 Å². The number of anilines is 1. The van der Waals surface area contributed by atoms with Crippen LogP contribution in [0.4, 0.5) is 5.82 Å². The molecule has 2 aromatic heterocycles. The SMILES string of the molecule is O=C(NCCCCc1ccccc1)c1ccc(N2CCN(C(=O)c3cccnc3Cl)CC2)nc1. The Morgan fingerprint density at radius 3 is 2.41 bits per heavy atom. The molecule has 0 saturated carbocycles. The van der Waals surface area contributed by atoms with E-state index in [0.717, 1.165) is 25.1 Å². The van der Waals surface area contributed by atoms with Crippen molar-refractivity contribution < 1.29 is 9.59 Å². The van der Waals surface area contributed by atoms with E-state index in [2.05, 4.69) is 32.3 Å². The molecule has 0 unspecified atom stereocenters. The average Bonchev–Trinajstić information content (AvgIpc) is 2.89. The fourth-order valence-electron chi connectivity index (χ4n) is 3.96. The molecule has 1 aliphatic heterocycles. The van der Waals surface area contributed by atoms with Gasteiger partial charge in [-0.3, -0.25) is 9.59 Å². The first-order chi connectivity index (χ1) is 16.6. The van der Waals surface area contributed by atoms with Gasteiger partial charge in [0.1, 0.15) is 11.0 Å². The fourth-order valence-corrected chi connectivity index (χ4v) is 4.16. The van der Waals surface area contributed by atoms with Crippen LogP contribution in [0.3, 0.4) is 0 Å². The lowest BCUT2D eigenvalue weighted by atomic mass is 10.1. The van der Waals surface area contributed by atoms with Crippen molar-refractivity contribution in [2.75, 3.05) is 37.6 Å². The standard InChI is InChI=1S/C26H28ClN5O2/c27-24-22(10-6-14-28-24)26(34)32-17-15-31(16-18-32)23-12-11-21(19-30-23)25(33)29-13-5-4-9-20-7-2-1-3-8-20/h1-3,6-8,10-12,14,19H,4-5,9,13,15-18H2,(H,29,33). The molecular weight excluding hydrogens is 450 g/mol. The third kappa shape index (κ3) is 6.11. The van der Waals surface area contributed by atoms with Crippen LogP contribution < -0.4 is 10.2 Å². The smallest absolute Gasteiger partial charge is 0.257 e. The van der Waals surface area contributed by atoms with Crippen LogP contribution in [0, 0.1) is 0 Å². The predicted molar refractivity (Wildman–Crippen MR) is 133 cm³/mol. The van der Waals surface area contributed by atoms with Gasteiger partial charge in [0.15, 0.2) is 0 Å². The van der Waals surface area contributed by atoms with Crippen molar-refractivity contribution >= 4 is 29.2 Å². The first kappa shape index (κ1) is 23.7. The van der Waals surface area contributed by atoms with Gasteiger partial charge in [-0.25, -0.2) is 9.97 Å². The Balaban J connectivity index is 1.21. The first-order valence-corrected chi connectivity index (χ1v) is 11.9. The van der Waals surface area contributed by atoms with Crippen LogP contribution in [0.1, 0.15) is 39.1 Å². The molecular formula is C26H28ClN5O2. The van der Waals surface area contributed by atoms with Gasteiger partial charge in [0.2, 0.25) is 0 Å². The average molecular weight is 478 g/mol. The number of rotatable bonds is 8. The molecule has 0 bridgehead atoms. The van der Waals surface area contributed by atoms with Crippen molar-refractivity contribution in [2.24, 2.45) is 0 Å². The molecule has 8 heteroatoms. The third-order valence-corrected chi connectivity index (χ3v) is 6.21. The zero-order chi connectivity index (χ0) is 23.8. The van der Waals surface area contributed by atoms with Gasteiger partial charge in [-0.2, -0.15) is 0 Å². The maximum Gasteiger partial charge on any atom is 0.257 e. The topological polar surface area (TPSA) is 78.4 Å². The van der Waals surface area contributed by atoms with Crippen LogP contribution in [0.25, 0.3) is 0 Å². The number of halogens is 1. The number of piperazine rings is 1. The van der Waals surface area contributed by atoms with Crippen LogP contribution >= 0.6 is 11.6 Å². The molecule has 1 aliphatic rings. The quantitative estimate of drug-likeness (QED) is 0.394. The molecule has 4 rings (SSSR count). The van der Waals surface area contributed by atoms with Gasteiger partial charge in [-0.1, -0.05) is 41.9 Å². The number of hydrogen-bond acceptors (Lipinski definition) is 5. The largest absolute Gasteiger partial charge is 0.353 e. The van der Waals surface area contributed by atoms with Crippen LogP contribution in [-0.4, -0.2) is 59.4 Å². The second kappa shape index (κ2) is 11.6. The van der Waals surface area contributed by atoms with Gasteiger partial charge < -0.3 is 15.1 Å². The van der Waals surface area contributed by atoms with Crippen molar-refractivity contribution in [3.8, 4) is 0 Å². The second-order valence-electron chi connectivity index (χ2n) is 8.22. The Hall–Kier alpha value is -3.45. The molecule has 34 heavy (non-hydrogen) atoms. The van der Waals surface area contributed by atoms with E-state index in [1.54, 1.807) is 35.5 Å². The summed E-state index contributed by atoms with van der Waals surface area (Å²) in [4.78, 5) is 37.5. The number of unbranched alkanes of at least 4 members (excludes halogenated alkanes) is 1. The highest BCUT2D eigenvalue weighted by Gasteiger charge is 2.24. The van der Waals surface area contributed by atoms with E-state index >= 15 is 0 Å². The summed E-state index contributed by atoms with van der Waals surface area (Å²) in [6.45, 7) is 3.09. The van der Waals surface area contributed by atoms with Crippen LogP contribution in [0.15, 0.2) is 67.0 Å². The normalized spacial score (nSPS) is 13.6. The van der Waals surface area contributed by atoms with Crippen molar-refractivity contribution in [1.82, 2.24) is 20.2 Å². The number of nitrogens with one attached hydrogen (secondary N) is 1. The third-order valence-electron chi connectivity index (χ3n) is 5.91. The highest BCUT2D eigenvalue weighted by molar-refractivity contribution is 6.32. The van der Waals surface area contributed by atoms with Gasteiger partial charge >= 0.3 is 0 Å². The molecule has 1 saturated heterocycles. The van der Waals surface area contributed by atoms with Crippen molar-refractivity contribution in [3.63, 3.8) is 0 Å². The van der Waals surface area contributed by atoms with E-state index in [0.29, 0.717) is 43.9 Å². The summed E-state index contributed by atoms with van der Waals surface area (Å²) >= 11 is 6.06. The van der Waals surface area contributed by atoms with Gasteiger partial charge in [-0.15, -0.1) is 0 Å². The molecule has 1 N–H and O–H groups in total. The zero-order valence-electron chi connectivity index (χ0n) is 19.0. The number of carbonyl (C=O) groups is 2. The minimum absolute atomic E-state index is 0.109. The number of hydrogen-bond donors (Lipinski definition) is 1. The van der Waals surface area contributed by atoms with Crippen molar-refractivity contribution in [3.05, 3.63) is 88.8 Å². The highest BCUT2D eigenvalue weighted by atomic mass is 35.5. The maximum absolute atomic E-state index is 12.7. The highest BCUT2D eigenvalue weighted by Crippen LogP contribution is 2.18. The Bertz CT molecular complexity index is 1100. The van der Waals surface area contributed by atoms with E-state index in [1.165, 1.54) is 5.56 Å². The lowest BCUT2D eigenvalue weighted by molar-refractivity contribution is 0.0746. The predicted octanol–water partition coefficient (Wildman–Crippen LogP) is 3.85. The second-order valence-corrected chi connectivity index (χ2v) is 8.58. The molecule has 176 valence electrons. The van der Waals surface area contributed by atoms with E-state index < -0.39 is 0 Å². The maximum atomic E-state index is 12.7. The molecule has 3 heterocycles. The molecule has 0 spiro atoms. The number of pyridine rings is 2. The minimum Gasteiger partial charge on any atom is -0.353 e. The Morgan fingerprint density at radius 1 is 0.912 bits per heavy atom. The van der Waals surface area contributed by atoms with Crippen molar-refractivity contribution in [2.45, 2.75) is 19.3 Å². The summed E-state index contributed by atoms with van der Waals surface area (Å²) in [5, 5.41) is 3.19. The summed E-state index contributed by atoms with van der Waals surface area (Å²) in [5.41, 5.74) is 2.29. The van der Waals surface area contributed by atoms with E-state index in [9.17, 15) is 9.59 Å². The molecule has 1 fully saturated rings. The minimum atomic E-state index is -0.110. The van der Waals surface area contributed by atoms with Gasteiger partial charge in [-0.05, 0) is 49.1 Å². The lowest BCUT2D eigenvalue weighted by Crippen LogP contribution is -2.49. The number of nitrogens with zero attached hydrogens (tertiary/aromatic N) is 4. The lowest BCUT2D eigenvalue weighted by Gasteiger charge is -2.35. The Labute approximate surface area is 204 Å². The first-order valence-electron chi connectivity index (χ1n) is 11.5. The molecule has 0 atom stereocenters. The molecule has 7 nitrogen and oxygen atoms in total. The van der Waals surface area contributed by atoms with Gasteiger partial charge in [0.25, 0.3) is 11.8 Å². The number of carbonyl (C=O) groups excluding carboxylic acids is 2. The van der Waals surface area contributed by atoms with E-state index in [-0.39, 0.29) is 17.0 Å². The Morgan fingerprint density at radius 2 is 1.71 bits per heavy atom. The number of aromatic nitrogens is 2. The summed E-state index contributed by atoms with van der Waals surface area (Å²) in [7, 11) is 0. The number of benzene rings is 1. The van der Waals surface area contributed by atoms with Crippen LogP contribution in [0.5, 0.6) is 0 Å². The molecule has 0 radical (unpaired) electrons. The Kier molecular flexibility index (Phi) is 8.09. The number of aryl methyl sites for hydroxylation is 1. The summed E-state index contributed by atoms with van der Waals surface area (Å²) in [6, 6.07) is 17.4. The molecule has 0 aliphatic carbocycles. The monoisotopic (exact) mass is 477 g/mol. The summed E-state index contributed by atoms with van der Waals surface area (Å²) in [5.74, 6) is 0.579. The van der Waals surface area contributed by atoms with E-state index in [1.807, 2.05) is 24.3 Å². The number of amides is 2. The molecule has 2 amide bonds. The summed E-state index contributed by atoms with van der Waals surface area (Å²) < 4.78 is 0. The van der Waals surface area contributed by atoms with Crippen LogP contribution in [0.2, 0.25) is 5.15 Å². The molecule has 1 aromatic carbocycles. The van der Waals surface area contributed by atoms with Crippen LogP contribution in [-0.2, 0) is 6.42 Å². The van der Waals surface area contributed by atoms with Gasteiger partial charge in [0, 0.05) is 45.1 Å². The zero-order valence-corrected chi connectivity index (χ0v) is 19.7.